The van der Waals surface area contributed by atoms with Gasteiger partial charge in [0.2, 0.25) is 0 Å². The monoisotopic (exact) mass is 270 g/mol. The quantitative estimate of drug-likeness (QED) is 0.876. The number of nitrogens with zero attached hydrogens (tertiary/aromatic N) is 2. The van der Waals surface area contributed by atoms with Crippen molar-refractivity contribution in [2.24, 2.45) is 0 Å². The lowest BCUT2D eigenvalue weighted by Crippen LogP contribution is -2.15. The van der Waals surface area contributed by atoms with Crippen molar-refractivity contribution in [3.63, 3.8) is 0 Å². The van der Waals surface area contributed by atoms with Crippen molar-refractivity contribution in [2.75, 3.05) is 17.2 Å². The van der Waals surface area contributed by atoms with Crippen LogP contribution in [0.25, 0.3) is 0 Å². The van der Waals surface area contributed by atoms with E-state index in [1.165, 1.54) is 0 Å². The van der Waals surface area contributed by atoms with Gasteiger partial charge in [0.05, 0.1) is 0 Å². The highest BCUT2D eigenvalue weighted by molar-refractivity contribution is 6.03. The first kappa shape index (κ1) is 14.0. The molecule has 0 spiro atoms. The molecule has 2 heterocycles. The van der Waals surface area contributed by atoms with Gasteiger partial charge < -0.3 is 10.6 Å². The minimum Gasteiger partial charge on any atom is -0.370 e. The van der Waals surface area contributed by atoms with Crippen molar-refractivity contribution < 1.29 is 4.79 Å². The maximum atomic E-state index is 12.1. The molecule has 0 aliphatic rings. The average molecular weight is 270 g/mol. The van der Waals surface area contributed by atoms with Gasteiger partial charge in [-0.3, -0.25) is 9.78 Å². The maximum Gasteiger partial charge on any atom is 0.274 e. The van der Waals surface area contributed by atoms with E-state index in [0.29, 0.717) is 11.5 Å². The summed E-state index contributed by atoms with van der Waals surface area (Å²) in [6.45, 7) is 4.79. The fraction of sp³-hybridized carbons (Fsp3) is 0.267. The lowest BCUT2D eigenvalue weighted by molar-refractivity contribution is 0.102. The van der Waals surface area contributed by atoms with Crippen molar-refractivity contribution in [1.29, 1.82) is 0 Å². The fourth-order valence-corrected chi connectivity index (χ4v) is 1.73. The number of aryl methyl sites for hydroxylation is 1. The summed E-state index contributed by atoms with van der Waals surface area (Å²) in [5, 5.41) is 5.97. The first-order valence-electron chi connectivity index (χ1n) is 6.64. The molecular weight excluding hydrogens is 252 g/mol. The van der Waals surface area contributed by atoms with Gasteiger partial charge in [0, 0.05) is 24.1 Å². The van der Waals surface area contributed by atoms with Crippen LogP contribution in [0.4, 0.5) is 11.5 Å². The Balaban J connectivity index is 2.09. The summed E-state index contributed by atoms with van der Waals surface area (Å²) < 4.78 is 0. The maximum absolute atomic E-state index is 12.1. The van der Waals surface area contributed by atoms with Crippen LogP contribution in [0.5, 0.6) is 0 Å². The van der Waals surface area contributed by atoms with Gasteiger partial charge in [-0.1, -0.05) is 13.0 Å². The summed E-state index contributed by atoms with van der Waals surface area (Å²) in [6, 6.07) is 8.93. The number of anilines is 2. The number of pyridine rings is 2. The third-order valence-corrected chi connectivity index (χ3v) is 2.69. The molecule has 20 heavy (non-hydrogen) atoms. The van der Waals surface area contributed by atoms with Crippen molar-refractivity contribution in [3.05, 3.63) is 47.9 Å². The van der Waals surface area contributed by atoms with Crippen LogP contribution < -0.4 is 10.6 Å². The summed E-state index contributed by atoms with van der Waals surface area (Å²) in [5.41, 5.74) is 1.96. The van der Waals surface area contributed by atoms with E-state index in [9.17, 15) is 4.79 Å². The molecule has 2 aromatic rings. The second-order valence-corrected chi connectivity index (χ2v) is 4.47. The van der Waals surface area contributed by atoms with Crippen LogP contribution in [-0.4, -0.2) is 22.4 Å². The van der Waals surface area contributed by atoms with E-state index in [0.717, 1.165) is 24.3 Å². The fourth-order valence-electron chi connectivity index (χ4n) is 1.73. The number of carbonyl (C=O) groups excluding carboxylic acids is 1. The van der Waals surface area contributed by atoms with Gasteiger partial charge in [-0.05, 0) is 37.6 Å². The molecule has 0 saturated carbocycles. The second-order valence-electron chi connectivity index (χ2n) is 4.47. The lowest BCUT2D eigenvalue weighted by Gasteiger charge is -2.07. The molecule has 2 aromatic heterocycles. The molecule has 1 amide bonds. The number of nitrogens with one attached hydrogen (secondary N) is 2. The molecule has 0 aliphatic carbocycles. The van der Waals surface area contributed by atoms with Gasteiger partial charge in [-0.25, -0.2) is 4.98 Å². The second kappa shape index (κ2) is 6.65. The number of hydrogen-bond acceptors (Lipinski definition) is 4. The third-order valence-electron chi connectivity index (χ3n) is 2.69. The number of aromatic nitrogens is 2. The molecule has 0 aliphatic heterocycles. The molecule has 0 aromatic carbocycles. The van der Waals surface area contributed by atoms with Gasteiger partial charge in [0.25, 0.3) is 5.91 Å². The Bertz CT molecular complexity index is 598. The molecule has 0 unspecified atom stereocenters. The highest BCUT2D eigenvalue weighted by atomic mass is 16.1. The zero-order valence-electron chi connectivity index (χ0n) is 11.7. The number of hydrogen-bond donors (Lipinski definition) is 2. The summed E-state index contributed by atoms with van der Waals surface area (Å²) in [7, 11) is 0. The topological polar surface area (TPSA) is 66.9 Å². The van der Waals surface area contributed by atoms with Gasteiger partial charge in [-0.2, -0.15) is 0 Å². The number of amides is 1. The van der Waals surface area contributed by atoms with Crippen LogP contribution >= 0.6 is 0 Å². The molecule has 0 fully saturated rings. The SMILES string of the molecule is CCCNc1cccc(C(=O)Nc2ccnc(C)c2)n1. The first-order valence-corrected chi connectivity index (χ1v) is 6.64. The Kier molecular flexibility index (Phi) is 4.65. The number of carbonyl (C=O) groups is 1. The van der Waals surface area contributed by atoms with E-state index >= 15 is 0 Å². The zero-order chi connectivity index (χ0) is 14.4. The van der Waals surface area contributed by atoms with Crippen LogP contribution in [0, 0.1) is 6.92 Å². The normalized spacial score (nSPS) is 10.1. The van der Waals surface area contributed by atoms with Gasteiger partial charge in [0.1, 0.15) is 11.5 Å². The summed E-state index contributed by atoms with van der Waals surface area (Å²) in [4.78, 5) is 20.5. The summed E-state index contributed by atoms with van der Waals surface area (Å²) in [5.74, 6) is 0.487. The largest absolute Gasteiger partial charge is 0.370 e. The third kappa shape index (κ3) is 3.78. The average Bonchev–Trinajstić information content (AvgIpc) is 2.45. The molecule has 0 saturated heterocycles. The Morgan fingerprint density at radius 3 is 2.90 bits per heavy atom. The molecule has 0 radical (unpaired) electrons. The van der Waals surface area contributed by atoms with E-state index < -0.39 is 0 Å². The molecule has 2 N–H and O–H groups in total. The van der Waals surface area contributed by atoms with Gasteiger partial charge in [0.15, 0.2) is 0 Å². The van der Waals surface area contributed by atoms with E-state index in [4.69, 9.17) is 0 Å². The van der Waals surface area contributed by atoms with Crippen LogP contribution in [0.1, 0.15) is 29.5 Å². The Labute approximate surface area is 118 Å². The molecule has 2 rings (SSSR count). The smallest absolute Gasteiger partial charge is 0.274 e. The highest BCUT2D eigenvalue weighted by Gasteiger charge is 2.08. The van der Waals surface area contributed by atoms with Crippen molar-refractivity contribution in [3.8, 4) is 0 Å². The molecule has 104 valence electrons. The van der Waals surface area contributed by atoms with E-state index in [1.807, 2.05) is 25.1 Å². The van der Waals surface area contributed by atoms with E-state index in [-0.39, 0.29) is 5.91 Å². The van der Waals surface area contributed by atoms with Gasteiger partial charge >= 0.3 is 0 Å². The van der Waals surface area contributed by atoms with Crippen molar-refractivity contribution >= 4 is 17.4 Å². The molecule has 5 nitrogen and oxygen atoms in total. The Morgan fingerprint density at radius 2 is 2.15 bits per heavy atom. The van der Waals surface area contributed by atoms with E-state index in [2.05, 4.69) is 27.5 Å². The first-order chi connectivity index (χ1) is 9.69. The number of rotatable bonds is 5. The predicted molar refractivity (Wildman–Crippen MR) is 79.9 cm³/mol. The summed E-state index contributed by atoms with van der Waals surface area (Å²) in [6.07, 6.45) is 2.67. The van der Waals surface area contributed by atoms with Crippen LogP contribution in [0.15, 0.2) is 36.5 Å². The summed E-state index contributed by atoms with van der Waals surface area (Å²) >= 11 is 0. The van der Waals surface area contributed by atoms with Crippen LogP contribution in [0.2, 0.25) is 0 Å². The van der Waals surface area contributed by atoms with Crippen LogP contribution in [-0.2, 0) is 0 Å². The molecule has 0 bridgehead atoms. The molecular formula is C15H18N4O. The standard InChI is InChI=1S/C15H18N4O/c1-3-8-17-14-6-4-5-13(19-14)15(20)18-12-7-9-16-11(2)10-12/h4-7,9-10H,3,8H2,1-2H3,(H,17,19)(H,16,18,20). The van der Waals surface area contributed by atoms with Crippen LogP contribution in [0.3, 0.4) is 0 Å². The molecule has 0 atom stereocenters. The Morgan fingerprint density at radius 1 is 1.30 bits per heavy atom. The highest BCUT2D eigenvalue weighted by Crippen LogP contribution is 2.10. The minimum absolute atomic E-state index is 0.226. The van der Waals surface area contributed by atoms with E-state index in [1.54, 1.807) is 18.3 Å². The molecule has 5 heteroatoms. The van der Waals surface area contributed by atoms with Crippen molar-refractivity contribution in [1.82, 2.24) is 9.97 Å². The Hall–Kier alpha value is -2.43. The minimum atomic E-state index is -0.226. The van der Waals surface area contributed by atoms with Gasteiger partial charge in [-0.15, -0.1) is 0 Å². The lowest BCUT2D eigenvalue weighted by atomic mass is 10.3. The predicted octanol–water partition coefficient (Wildman–Crippen LogP) is 2.86. The van der Waals surface area contributed by atoms with Crippen molar-refractivity contribution in [2.45, 2.75) is 20.3 Å². The zero-order valence-corrected chi connectivity index (χ0v) is 11.7.